The Morgan fingerprint density at radius 3 is 2.00 bits per heavy atom. The number of hydrogen-bond acceptors (Lipinski definition) is 1. The Kier molecular flexibility index (Phi) is 2.92. The van der Waals surface area contributed by atoms with Crippen LogP contribution in [0.4, 0.5) is 0 Å². The van der Waals surface area contributed by atoms with Crippen LogP contribution in [0.25, 0.3) is 0 Å². The molecule has 0 heterocycles. The zero-order valence-electron chi connectivity index (χ0n) is 6.86. The van der Waals surface area contributed by atoms with E-state index in [1.807, 2.05) is 6.08 Å². The summed E-state index contributed by atoms with van der Waals surface area (Å²) in [6, 6.07) is 0.526. The maximum atomic E-state index is 3.72. The monoisotopic (exact) mass is 127 g/mol. The quantitative estimate of drug-likeness (QED) is 0.571. The molecule has 0 amide bonds. The molecule has 0 radical (unpaired) electrons. The molecule has 1 nitrogen and oxygen atoms in total. The van der Waals surface area contributed by atoms with Gasteiger partial charge in [-0.2, -0.15) is 0 Å². The summed E-state index contributed by atoms with van der Waals surface area (Å²) < 4.78 is 0. The Bertz CT molecular complexity index is 92.7. The second kappa shape index (κ2) is 3.02. The minimum atomic E-state index is 0.0775. The molecule has 0 aliphatic rings. The molecule has 0 bridgehead atoms. The topological polar surface area (TPSA) is 12.0 Å². The van der Waals surface area contributed by atoms with Crippen molar-refractivity contribution in [2.75, 3.05) is 0 Å². The fraction of sp³-hybridized carbons (Fsp3) is 0.750. The molecule has 1 heteroatoms. The summed E-state index contributed by atoms with van der Waals surface area (Å²) in [5.41, 5.74) is 0.0775. The highest BCUT2D eigenvalue weighted by Crippen LogP contribution is 2.03. The van der Waals surface area contributed by atoms with Crippen LogP contribution in [0.1, 0.15) is 27.7 Å². The van der Waals surface area contributed by atoms with E-state index < -0.39 is 0 Å². The molecule has 0 aliphatic heterocycles. The molecule has 0 aromatic carbocycles. The van der Waals surface area contributed by atoms with Crippen LogP contribution in [0.3, 0.4) is 0 Å². The van der Waals surface area contributed by atoms with Gasteiger partial charge in [0.15, 0.2) is 0 Å². The van der Waals surface area contributed by atoms with Crippen molar-refractivity contribution < 1.29 is 0 Å². The van der Waals surface area contributed by atoms with Crippen LogP contribution in [0.15, 0.2) is 12.7 Å². The SMILES string of the molecule is C=CC(C)(C)NC(C)C. The third-order valence-electron chi connectivity index (χ3n) is 1.17. The molecule has 54 valence electrons. The first kappa shape index (κ1) is 8.70. The van der Waals surface area contributed by atoms with Gasteiger partial charge in [0.05, 0.1) is 0 Å². The van der Waals surface area contributed by atoms with Crippen molar-refractivity contribution >= 4 is 0 Å². The molecule has 0 atom stereocenters. The maximum absolute atomic E-state index is 3.72. The highest BCUT2D eigenvalue weighted by Gasteiger charge is 2.11. The molecule has 0 aliphatic carbocycles. The van der Waals surface area contributed by atoms with Gasteiger partial charge in [-0.25, -0.2) is 0 Å². The van der Waals surface area contributed by atoms with Gasteiger partial charge >= 0.3 is 0 Å². The summed E-state index contributed by atoms with van der Waals surface area (Å²) in [5, 5.41) is 3.35. The molecule has 0 saturated heterocycles. The second-order valence-corrected chi connectivity index (χ2v) is 3.22. The van der Waals surface area contributed by atoms with Crippen molar-refractivity contribution in [3.63, 3.8) is 0 Å². The first-order chi connectivity index (χ1) is 3.98. The number of hydrogen-bond donors (Lipinski definition) is 1. The van der Waals surface area contributed by atoms with Gasteiger partial charge < -0.3 is 5.32 Å². The van der Waals surface area contributed by atoms with Crippen LogP contribution in [0, 0.1) is 0 Å². The molecule has 1 N–H and O–H groups in total. The van der Waals surface area contributed by atoms with Gasteiger partial charge in [-0.3, -0.25) is 0 Å². The minimum absolute atomic E-state index is 0.0775. The van der Waals surface area contributed by atoms with Gasteiger partial charge in [0.25, 0.3) is 0 Å². The van der Waals surface area contributed by atoms with Crippen molar-refractivity contribution in [1.82, 2.24) is 5.32 Å². The lowest BCUT2D eigenvalue weighted by Gasteiger charge is -2.24. The van der Waals surface area contributed by atoms with Gasteiger partial charge in [0.1, 0.15) is 0 Å². The smallest absolute Gasteiger partial charge is 0.0306 e. The zero-order chi connectivity index (χ0) is 7.49. The van der Waals surface area contributed by atoms with Gasteiger partial charge in [0.2, 0.25) is 0 Å². The summed E-state index contributed by atoms with van der Waals surface area (Å²) in [6.07, 6.45) is 1.92. The summed E-state index contributed by atoms with van der Waals surface area (Å²) >= 11 is 0. The van der Waals surface area contributed by atoms with E-state index in [0.29, 0.717) is 6.04 Å². The van der Waals surface area contributed by atoms with E-state index in [1.54, 1.807) is 0 Å². The standard InChI is InChI=1S/C8H17N/c1-6-8(4,5)9-7(2)3/h6-7,9H,1H2,2-5H3. The average Bonchev–Trinajstić information content (AvgIpc) is 1.63. The van der Waals surface area contributed by atoms with Crippen molar-refractivity contribution in [3.8, 4) is 0 Å². The van der Waals surface area contributed by atoms with E-state index >= 15 is 0 Å². The first-order valence-electron chi connectivity index (χ1n) is 3.39. The zero-order valence-corrected chi connectivity index (χ0v) is 6.86. The van der Waals surface area contributed by atoms with Gasteiger partial charge in [0, 0.05) is 11.6 Å². The van der Waals surface area contributed by atoms with E-state index in [-0.39, 0.29) is 5.54 Å². The molecule has 0 aromatic heterocycles. The molecule has 0 saturated carbocycles. The Hall–Kier alpha value is -0.300. The third kappa shape index (κ3) is 4.22. The number of rotatable bonds is 3. The molecule has 9 heavy (non-hydrogen) atoms. The van der Waals surface area contributed by atoms with Gasteiger partial charge in [-0.1, -0.05) is 19.9 Å². The maximum Gasteiger partial charge on any atom is 0.0306 e. The molecule has 0 aromatic rings. The van der Waals surface area contributed by atoms with Crippen molar-refractivity contribution in [3.05, 3.63) is 12.7 Å². The normalized spacial score (nSPS) is 12.1. The minimum Gasteiger partial charge on any atom is -0.306 e. The first-order valence-corrected chi connectivity index (χ1v) is 3.39. The third-order valence-corrected chi connectivity index (χ3v) is 1.17. The van der Waals surface area contributed by atoms with E-state index in [2.05, 4.69) is 39.6 Å². The van der Waals surface area contributed by atoms with E-state index in [0.717, 1.165) is 0 Å². The fourth-order valence-electron chi connectivity index (χ4n) is 0.803. The van der Waals surface area contributed by atoms with Crippen LogP contribution in [0.5, 0.6) is 0 Å². The van der Waals surface area contributed by atoms with E-state index in [4.69, 9.17) is 0 Å². The predicted molar refractivity (Wildman–Crippen MR) is 42.5 cm³/mol. The van der Waals surface area contributed by atoms with Crippen LogP contribution < -0.4 is 5.32 Å². The predicted octanol–water partition coefficient (Wildman–Crippen LogP) is 1.95. The van der Waals surface area contributed by atoms with Crippen LogP contribution in [-0.4, -0.2) is 11.6 Å². The van der Waals surface area contributed by atoms with Crippen molar-refractivity contribution in [2.45, 2.75) is 39.3 Å². The van der Waals surface area contributed by atoms with Crippen LogP contribution in [0.2, 0.25) is 0 Å². The molecular formula is C8H17N. The summed E-state index contributed by atoms with van der Waals surface area (Å²) in [7, 11) is 0. The average molecular weight is 127 g/mol. The lowest BCUT2D eigenvalue weighted by molar-refractivity contribution is 0.428. The van der Waals surface area contributed by atoms with Crippen molar-refractivity contribution in [2.24, 2.45) is 0 Å². The lowest BCUT2D eigenvalue weighted by atomic mass is 10.1. The lowest BCUT2D eigenvalue weighted by Crippen LogP contribution is -2.41. The molecular weight excluding hydrogens is 110 g/mol. The highest BCUT2D eigenvalue weighted by atomic mass is 15.0. The van der Waals surface area contributed by atoms with Gasteiger partial charge in [-0.15, -0.1) is 6.58 Å². The van der Waals surface area contributed by atoms with Crippen LogP contribution in [-0.2, 0) is 0 Å². The molecule has 0 spiro atoms. The second-order valence-electron chi connectivity index (χ2n) is 3.22. The Morgan fingerprint density at radius 2 is 1.89 bits per heavy atom. The van der Waals surface area contributed by atoms with E-state index in [1.165, 1.54) is 0 Å². The highest BCUT2D eigenvalue weighted by molar-refractivity contribution is 4.95. The van der Waals surface area contributed by atoms with Crippen LogP contribution >= 0.6 is 0 Å². The Labute approximate surface area is 58.2 Å². The largest absolute Gasteiger partial charge is 0.306 e. The molecule has 0 rings (SSSR count). The summed E-state index contributed by atoms with van der Waals surface area (Å²) in [5.74, 6) is 0. The van der Waals surface area contributed by atoms with E-state index in [9.17, 15) is 0 Å². The Morgan fingerprint density at radius 1 is 1.44 bits per heavy atom. The summed E-state index contributed by atoms with van der Waals surface area (Å²) in [4.78, 5) is 0. The van der Waals surface area contributed by atoms with Crippen molar-refractivity contribution in [1.29, 1.82) is 0 Å². The molecule has 0 fully saturated rings. The fourth-order valence-corrected chi connectivity index (χ4v) is 0.803. The summed E-state index contributed by atoms with van der Waals surface area (Å²) in [6.45, 7) is 12.2. The Balaban J connectivity index is 3.71. The van der Waals surface area contributed by atoms with Gasteiger partial charge in [-0.05, 0) is 13.8 Å². The number of nitrogens with one attached hydrogen (secondary N) is 1. The molecule has 0 unspecified atom stereocenters.